The number of benzene rings is 1. The Hall–Kier alpha value is -3.86. The van der Waals surface area contributed by atoms with Crippen LogP contribution in [0.15, 0.2) is 47.7 Å². The molecule has 1 aliphatic heterocycles. The van der Waals surface area contributed by atoms with Gasteiger partial charge in [-0.15, -0.1) is 0 Å². The summed E-state index contributed by atoms with van der Waals surface area (Å²) in [6.07, 6.45) is 4.50. The van der Waals surface area contributed by atoms with Crippen molar-refractivity contribution < 1.29 is 17.6 Å². The highest BCUT2D eigenvalue weighted by Gasteiger charge is 2.33. The molecule has 1 N–H and O–H groups in total. The van der Waals surface area contributed by atoms with Crippen molar-refractivity contribution in [1.82, 2.24) is 19.9 Å². The first-order chi connectivity index (χ1) is 19.7. The normalized spacial score (nSPS) is 16.7. The van der Waals surface area contributed by atoms with E-state index in [9.17, 15) is 17.6 Å². The van der Waals surface area contributed by atoms with Crippen molar-refractivity contribution in [3.63, 3.8) is 0 Å². The van der Waals surface area contributed by atoms with Crippen LogP contribution < -0.4 is 10.2 Å². The number of rotatable bonds is 10. The number of anilines is 3. The highest BCUT2D eigenvalue weighted by molar-refractivity contribution is 5.80. The van der Waals surface area contributed by atoms with E-state index in [0.717, 1.165) is 48.3 Å². The molecule has 2 aromatic heterocycles. The number of alkyl halides is 2. The lowest BCUT2D eigenvalue weighted by atomic mass is 9.98. The largest absolute Gasteiger partial charge is 0.356 e. The molecular weight excluding hydrogens is 534 g/mol. The number of pyridine rings is 1. The van der Waals surface area contributed by atoms with Crippen molar-refractivity contribution in [2.75, 3.05) is 36.9 Å². The van der Waals surface area contributed by atoms with E-state index in [2.05, 4.69) is 26.9 Å². The third-order valence-corrected chi connectivity index (χ3v) is 7.68. The number of nitrogens with one attached hydrogen (secondary N) is 1. The standard InChI is InChI=1S/C30H33F4N7/c1-18-27(22(16-35-2)19-7-8-19)30(40(3)21-10-13-41(14-11-21)17-25(33)34)39-29(37-18)20-9-12-36-26(15-20)38-28-23(31)5-4-6-24(28)32/h4-6,9,12,15-16,19,21,25H,2,7-8,10-11,13-14,17H2,1,3H3,(H,36,38)/b22-16-. The first-order valence-corrected chi connectivity index (χ1v) is 13.7. The Morgan fingerprint density at radius 2 is 1.85 bits per heavy atom. The molecule has 0 spiro atoms. The molecule has 0 amide bonds. The number of allylic oxidation sites excluding steroid dienone is 1. The third kappa shape index (κ3) is 6.56. The molecular formula is C30H33F4N7. The predicted molar refractivity (Wildman–Crippen MR) is 154 cm³/mol. The number of aryl methyl sites for hydroxylation is 1. The number of hydrogen-bond donors (Lipinski definition) is 1. The number of nitrogens with zero attached hydrogens (tertiary/aromatic N) is 6. The quantitative estimate of drug-likeness (QED) is 0.223. The number of para-hydroxylation sites is 1. The van der Waals surface area contributed by atoms with Crippen LogP contribution in [0.2, 0.25) is 0 Å². The van der Waals surface area contributed by atoms with Crippen LogP contribution in [0.4, 0.5) is 34.9 Å². The van der Waals surface area contributed by atoms with Crippen LogP contribution in [0.25, 0.3) is 17.0 Å². The van der Waals surface area contributed by atoms with E-state index >= 15 is 0 Å². The molecule has 216 valence electrons. The molecule has 11 heteroatoms. The van der Waals surface area contributed by atoms with Gasteiger partial charge in [-0.05, 0) is 75.1 Å². The molecule has 2 fully saturated rings. The fraction of sp³-hybridized carbons (Fsp3) is 0.400. The lowest BCUT2D eigenvalue weighted by Gasteiger charge is -2.38. The fourth-order valence-electron chi connectivity index (χ4n) is 5.39. The van der Waals surface area contributed by atoms with E-state index in [0.29, 0.717) is 30.4 Å². The zero-order chi connectivity index (χ0) is 29.1. The Bertz CT molecular complexity index is 1410. The van der Waals surface area contributed by atoms with Gasteiger partial charge in [0, 0.05) is 49.7 Å². The smallest absolute Gasteiger partial charge is 0.251 e. The maximum absolute atomic E-state index is 14.3. The molecule has 1 aliphatic carbocycles. The Morgan fingerprint density at radius 3 is 2.49 bits per heavy atom. The predicted octanol–water partition coefficient (Wildman–Crippen LogP) is 6.49. The summed E-state index contributed by atoms with van der Waals surface area (Å²) in [5.74, 6) is 0.297. The molecule has 3 heterocycles. The van der Waals surface area contributed by atoms with Crippen LogP contribution in [0.3, 0.4) is 0 Å². The topological polar surface area (TPSA) is 69.5 Å². The number of likely N-dealkylation sites (tertiary alicyclic amines) is 1. The molecule has 7 nitrogen and oxygen atoms in total. The van der Waals surface area contributed by atoms with Gasteiger partial charge in [0.05, 0.1) is 12.2 Å². The molecule has 1 aromatic carbocycles. The van der Waals surface area contributed by atoms with Crippen molar-refractivity contribution in [2.45, 2.75) is 45.1 Å². The second-order valence-electron chi connectivity index (χ2n) is 10.6. The van der Waals surface area contributed by atoms with Crippen molar-refractivity contribution in [2.24, 2.45) is 10.9 Å². The number of piperidine rings is 1. The summed E-state index contributed by atoms with van der Waals surface area (Å²) in [5, 5.41) is 2.73. The zero-order valence-corrected chi connectivity index (χ0v) is 23.1. The van der Waals surface area contributed by atoms with Crippen LogP contribution in [0.1, 0.15) is 36.9 Å². The summed E-state index contributed by atoms with van der Waals surface area (Å²) >= 11 is 0. The van der Waals surface area contributed by atoms with E-state index in [4.69, 9.17) is 9.97 Å². The first kappa shape index (κ1) is 28.7. The van der Waals surface area contributed by atoms with E-state index in [-0.39, 0.29) is 24.1 Å². The van der Waals surface area contributed by atoms with Gasteiger partial charge in [-0.3, -0.25) is 9.89 Å². The van der Waals surface area contributed by atoms with Gasteiger partial charge in [-0.25, -0.2) is 32.5 Å². The molecule has 5 rings (SSSR count). The minimum atomic E-state index is -2.35. The molecule has 0 unspecified atom stereocenters. The van der Waals surface area contributed by atoms with E-state index < -0.39 is 18.1 Å². The molecule has 41 heavy (non-hydrogen) atoms. The lowest BCUT2D eigenvalue weighted by molar-refractivity contribution is 0.0754. The second kappa shape index (κ2) is 12.3. The third-order valence-electron chi connectivity index (χ3n) is 7.68. The zero-order valence-electron chi connectivity index (χ0n) is 23.1. The van der Waals surface area contributed by atoms with Crippen molar-refractivity contribution in [3.8, 4) is 11.4 Å². The molecule has 1 saturated carbocycles. The number of aliphatic imine (C=N–C) groups is 1. The summed E-state index contributed by atoms with van der Waals surface area (Å²) in [7, 11) is 1.98. The molecule has 1 saturated heterocycles. The summed E-state index contributed by atoms with van der Waals surface area (Å²) in [4.78, 5) is 22.1. The van der Waals surface area contributed by atoms with E-state index in [1.54, 1.807) is 23.2 Å². The molecule has 0 radical (unpaired) electrons. The summed E-state index contributed by atoms with van der Waals surface area (Å²) in [5.41, 5.74) is 3.03. The number of hydrogen-bond acceptors (Lipinski definition) is 7. The van der Waals surface area contributed by atoms with Gasteiger partial charge in [0.1, 0.15) is 29.0 Å². The highest BCUT2D eigenvalue weighted by Crippen LogP contribution is 2.46. The van der Waals surface area contributed by atoms with Gasteiger partial charge in [-0.1, -0.05) is 6.07 Å². The molecule has 0 bridgehead atoms. The van der Waals surface area contributed by atoms with Crippen LogP contribution in [0, 0.1) is 24.5 Å². The van der Waals surface area contributed by atoms with Crippen molar-refractivity contribution in [3.05, 3.63) is 65.6 Å². The molecule has 3 aromatic rings. The van der Waals surface area contributed by atoms with E-state index in [1.165, 1.54) is 24.4 Å². The van der Waals surface area contributed by atoms with Gasteiger partial charge in [0.2, 0.25) is 0 Å². The maximum atomic E-state index is 14.3. The van der Waals surface area contributed by atoms with E-state index in [1.807, 2.05) is 14.0 Å². The van der Waals surface area contributed by atoms with Crippen LogP contribution in [0.5, 0.6) is 0 Å². The Morgan fingerprint density at radius 1 is 1.15 bits per heavy atom. The monoisotopic (exact) mass is 567 g/mol. The molecule has 2 aliphatic rings. The Labute approximate surface area is 237 Å². The van der Waals surface area contributed by atoms with Crippen LogP contribution >= 0.6 is 0 Å². The van der Waals surface area contributed by atoms with Gasteiger partial charge in [0.15, 0.2) is 5.82 Å². The van der Waals surface area contributed by atoms with Gasteiger partial charge in [-0.2, -0.15) is 0 Å². The highest BCUT2D eigenvalue weighted by atomic mass is 19.3. The fourth-order valence-corrected chi connectivity index (χ4v) is 5.39. The van der Waals surface area contributed by atoms with Crippen molar-refractivity contribution >= 4 is 29.6 Å². The minimum absolute atomic E-state index is 0.0978. The number of aromatic nitrogens is 3. The minimum Gasteiger partial charge on any atom is -0.356 e. The summed E-state index contributed by atoms with van der Waals surface area (Å²) in [6, 6.07) is 7.13. The van der Waals surface area contributed by atoms with Crippen molar-refractivity contribution in [1.29, 1.82) is 0 Å². The Balaban J connectivity index is 1.51. The number of halogens is 4. The Kier molecular flexibility index (Phi) is 8.63. The van der Waals surface area contributed by atoms with Gasteiger partial charge < -0.3 is 10.2 Å². The van der Waals surface area contributed by atoms with Gasteiger partial charge >= 0.3 is 0 Å². The average Bonchev–Trinajstić information content (AvgIpc) is 3.79. The van der Waals surface area contributed by atoms with Crippen LogP contribution in [-0.4, -0.2) is 65.7 Å². The first-order valence-electron chi connectivity index (χ1n) is 13.7. The lowest BCUT2D eigenvalue weighted by Crippen LogP contribution is -2.45. The summed E-state index contributed by atoms with van der Waals surface area (Å²) in [6.45, 7) is 6.54. The second-order valence-corrected chi connectivity index (χ2v) is 10.6. The maximum Gasteiger partial charge on any atom is 0.251 e. The van der Waals surface area contributed by atoms with Crippen LogP contribution in [-0.2, 0) is 0 Å². The average molecular weight is 568 g/mol. The summed E-state index contributed by atoms with van der Waals surface area (Å²) < 4.78 is 54.4. The molecule has 0 atom stereocenters. The SMILES string of the molecule is C=N/C=C(\c1c(C)nc(-c2ccnc(Nc3c(F)cccc3F)c2)nc1N(C)C1CCN(CC(F)F)CC1)C1CC1. The van der Waals surface area contributed by atoms with Gasteiger partial charge in [0.25, 0.3) is 6.43 Å².